The highest BCUT2D eigenvalue weighted by Gasteiger charge is 2.31. The highest BCUT2D eigenvalue weighted by atomic mass is 79.9. The number of carbonyl (C=O) groups is 2. The normalized spacial score (nSPS) is 20.0. The number of nitrogens with zero attached hydrogens (tertiary/aromatic N) is 2. The number of piperidine rings is 2. The molecule has 0 N–H and O–H groups in total. The quantitative estimate of drug-likeness (QED) is 0.745. The molecule has 2 saturated heterocycles. The molecule has 1 aromatic carbocycles. The second-order valence-corrected chi connectivity index (χ2v) is 8.15. The summed E-state index contributed by atoms with van der Waals surface area (Å²) in [5.74, 6) is 0.360. The third-order valence-corrected chi connectivity index (χ3v) is 5.79. The van der Waals surface area contributed by atoms with E-state index in [0.717, 1.165) is 25.9 Å². The molecule has 2 amide bonds. The predicted octanol–water partition coefficient (Wildman–Crippen LogP) is 3.70. The van der Waals surface area contributed by atoms with E-state index in [1.54, 1.807) is 11.0 Å². The Hall–Kier alpha value is -1.43. The standard InChI is InChI=1S/C19H24BrFN2O2/c1-13-2-6-22(7-3-13)18(24)14-4-8-23(9-5-14)19(25)15-10-16(20)12-17(21)11-15/h10-14H,2-9H2,1H3. The molecule has 2 aliphatic heterocycles. The summed E-state index contributed by atoms with van der Waals surface area (Å²) in [6.45, 7) is 5.05. The van der Waals surface area contributed by atoms with Gasteiger partial charge in [0.15, 0.2) is 0 Å². The number of amides is 2. The van der Waals surface area contributed by atoms with Crippen molar-refractivity contribution >= 4 is 27.7 Å². The number of carbonyl (C=O) groups excluding carboxylic acids is 2. The fourth-order valence-electron chi connectivity index (χ4n) is 3.68. The topological polar surface area (TPSA) is 40.6 Å². The van der Waals surface area contributed by atoms with Crippen LogP contribution < -0.4 is 0 Å². The molecule has 1 aromatic rings. The second-order valence-electron chi connectivity index (χ2n) is 7.23. The van der Waals surface area contributed by atoms with Crippen molar-refractivity contribution in [1.29, 1.82) is 0 Å². The van der Waals surface area contributed by atoms with E-state index in [9.17, 15) is 14.0 Å². The molecule has 3 rings (SSSR count). The average Bonchev–Trinajstić information content (AvgIpc) is 2.60. The van der Waals surface area contributed by atoms with Gasteiger partial charge < -0.3 is 9.80 Å². The Morgan fingerprint density at radius 2 is 1.60 bits per heavy atom. The first-order chi connectivity index (χ1) is 11.9. The first kappa shape index (κ1) is 18.4. The summed E-state index contributed by atoms with van der Waals surface area (Å²) in [5, 5.41) is 0. The minimum Gasteiger partial charge on any atom is -0.342 e. The van der Waals surface area contributed by atoms with Crippen LogP contribution in [0.4, 0.5) is 4.39 Å². The lowest BCUT2D eigenvalue weighted by molar-refractivity contribution is -0.138. The van der Waals surface area contributed by atoms with Gasteiger partial charge in [-0.2, -0.15) is 0 Å². The first-order valence-corrected chi connectivity index (χ1v) is 9.77. The molecule has 0 radical (unpaired) electrons. The number of hydrogen-bond donors (Lipinski definition) is 0. The lowest BCUT2D eigenvalue weighted by atomic mass is 9.92. The molecular formula is C19H24BrFN2O2. The van der Waals surface area contributed by atoms with Crippen molar-refractivity contribution in [3.63, 3.8) is 0 Å². The number of likely N-dealkylation sites (tertiary alicyclic amines) is 2. The van der Waals surface area contributed by atoms with E-state index in [-0.39, 0.29) is 17.7 Å². The van der Waals surface area contributed by atoms with Crippen molar-refractivity contribution in [3.8, 4) is 0 Å². The lowest BCUT2D eigenvalue weighted by Gasteiger charge is -2.36. The average molecular weight is 411 g/mol. The monoisotopic (exact) mass is 410 g/mol. The SMILES string of the molecule is CC1CCN(C(=O)C2CCN(C(=O)c3cc(F)cc(Br)c3)CC2)CC1. The van der Waals surface area contributed by atoms with Gasteiger partial charge in [-0.1, -0.05) is 22.9 Å². The van der Waals surface area contributed by atoms with Crippen molar-refractivity contribution in [3.05, 3.63) is 34.1 Å². The van der Waals surface area contributed by atoms with Crippen molar-refractivity contribution in [2.24, 2.45) is 11.8 Å². The van der Waals surface area contributed by atoms with Crippen LogP contribution in [0.25, 0.3) is 0 Å². The van der Waals surface area contributed by atoms with Gasteiger partial charge in [0, 0.05) is 42.1 Å². The minimum atomic E-state index is -0.429. The van der Waals surface area contributed by atoms with Gasteiger partial charge >= 0.3 is 0 Å². The van der Waals surface area contributed by atoms with Gasteiger partial charge in [-0.25, -0.2) is 4.39 Å². The zero-order valence-corrected chi connectivity index (χ0v) is 16.1. The van der Waals surface area contributed by atoms with Crippen LogP contribution in [0.2, 0.25) is 0 Å². The summed E-state index contributed by atoms with van der Waals surface area (Å²) in [5.41, 5.74) is 0.349. The molecule has 6 heteroatoms. The lowest BCUT2D eigenvalue weighted by Crippen LogP contribution is -2.46. The van der Waals surface area contributed by atoms with E-state index in [1.807, 2.05) is 4.90 Å². The number of hydrogen-bond acceptors (Lipinski definition) is 2. The zero-order valence-electron chi connectivity index (χ0n) is 14.5. The van der Waals surface area contributed by atoms with Crippen LogP contribution in [0.15, 0.2) is 22.7 Å². The fraction of sp³-hybridized carbons (Fsp3) is 0.579. The summed E-state index contributed by atoms with van der Waals surface area (Å²) in [6.07, 6.45) is 3.54. The Labute approximate surface area is 156 Å². The maximum atomic E-state index is 13.5. The van der Waals surface area contributed by atoms with Crippen LogP contribution >= 0.6 is 15.9 Å². The Kier molecular flexibility index (Phi) is 5.77. The number of rotatable bonds is 2. The molecule has 0 spiro atoms. The molecule has 2 fully saturated rings. The predicted molar refractivity (Wildman–Crippen MR) is 97.7 cm³/mol. The molecule has 0 bridgehead atoms. The Bertz CT molecular complexity index is 631. The molecule has 0 aromatic heterocycles. The van der Waals surface area contributed by atoms with E-state index in [4.69, 9.17) is 0 Å². The molecule has 136 valence electrons. The van der Waals surface area contributed by atoms with Gasteiger partial charge in [0.2, 0.25) is 5.91 Å². The molecule has 2 aliphatic rings. The second kappa shape index (κ2) is 7.85. The van der Waals surface area contributed by atoms with Crippen molar-refractivity contribution in [1.82, 2.24) is 9.80 Å². The van der Waals surface area contributed by atoms with E-state index in [2.05, 4.69) is 22.9 Å². The first-order valence-electron chi connectivity index (χ1n) is 8.98. The van der Waals surface area contributed by atoms with Crippen LogP contribution in [0.3, 0.4) is 0 Å². The maximum absolute atomic E-state index is 13.5. The van der Waals surface area contributed by atoms with Gasteiger partial charge in [-0.05, 0) is 49.8 Å². The maximum Gasteiger partial charge on any atom is 0.253 e. The molecule has 0 saturated carbocycles. The van der Waals surface area contributed by atoms with Gasteiger partial charge in [0.25, 0.3) is 5.91 Å². The highest BCUT2D eigenvalue weighted by molar-refractivity contribution is 9.10. The van der Waals surface area contributed by atoms with Gasteiger partial charge in [0.05, 0.1) is 0 Å². The summed E-state index contributed by atoms with van der Waals surface area (Å²) < 4.78 is 14.1. The molecular weight excluding hydrogens is 387 g/mol. The fourth-order valence-corrected chi connectivity index (χ4v) is 4.14. The largest absolute Gasteiger partial charge is 0.342 e. The van der Waals surface area contributed by atoms with E-state index < -0.39 is 5.82 Å². The van der Waals surface area contributed by atoms with Gasteiger partial charge in [0.1, 0.15) is 5.82 Å². The van der Waals surface area contributed by atoms with Crippen molar-refractivity contribution in [2.75, 3.05) is 26.2 Å². The molecule has 0 atom stereocenters. The summed E-state index contributed by atoms with van der Waals surface area (Å²) in [7, 11) is 0. The van der Waals surface area contributed by atoms with Crippen LogP contribution in [0, 0.1) is 17.7 Å². The van der Waals surface area contributed by atoms with Crippen molar-refractivity contribution < 1.29 is 14.0 Å². The summed E-state index contributed by atoms with van der Waals surface area (Å²) in [6, 6.07) is 4.23. The smallest absolute Gasteiger partial charge is 0.253 e. The third-order valence-electron chi connectivity index (χ3n) is 5.34. The molecule has 0 unspecified atom stereocenters. The Morgan fingerprint density at radius 3 is 2.20 bits per heavy atom. The van der Waals surface area contributed by atoms with Crippen molar-refractivity contribution in [2.45, 2.75) is 32.6 Å². The van der Waals surface area contributed by atoms with Crippen LogP contribution in [0.5, 0.6) is 0 Å². The third kappa shape index (κ3) is 4.40. The summed E-state index contributed by atoms with van der Waals surface area (Å²) >= 11 is 3.22. The molecule has 0 aliphatic carbocycles. The molecule has 4 nitrogen and oxygen atoms in total. The van der Waals surface area contributed by atoms with Crippen LogP contribution in [-0.4, -0.2) is 47.8 Å². The summed E-state index contributed by atoms with van der Waals surface area (Å²) in [4.78, 5) is 28.9. The van der Waals surface area contributed by atoms with Crippen LogP contribution in [0.1, 0.15) is 43.0 Å². The zero-order chi connectivity index (χ0) is 18.0. The minimum absolute atomic E-state index is 0.0108. The highest BCUT2D eigenvalue weighted by Crippen LogP contribution is 2.25. The van der Waals surface area contributed by atoms with E-state index >= 15 is 0 Å². The Morgan fingerprint density at radius 1 is 1.00 bits per heavy atom. The van der Waals surface area contributed by atoms with E-state index in [0.29, 0.717) is 41.9 Å². The molecule has 25 heavy (non-hydrogen) atoms. The van der Waals surface area contributed by atoms with Gasteiger partial charge in [-0.3, -0.25) is 9.59 Å². The number of benzene rings is 1. The van der Waals surface area contributed by atoms with Crippen LogP contribution in [-0.2, 0) is 4.79 Å². The van der Waals surface area contributed by atoms with Gasteiger partial charge in [-0.15, -0.1) is 0 Å². The molecule has 2 heterocycles. The Balaban J connectivity index is 1.56. The van der Waals surface area contributed by atoms with E-state index in [1.165, 1.54) is 12.1 Å². The number of halogens is 2.